The van der Waals surface area contributed by atoms with Crippen LogP contribution in [0.2, 0.25) is 0 Å². The average Bonchev–Trinajstić information content (AvgIpc) is 3.31. The van der Waals surface area contributed by atoms with E-state index < -0.39 is 6.04 Å². The number of aromatic nitrogens is 2. The number of nitrogens with zero attached hydrogens (tertiary/aromatic N) is 4. The number of fused-ring (bicyclic) bond motifs is 1. The van der Waals surface area contributed by atoms with Gasteiger partial charge >= 0.3 is 0 Å². The smallest absolute Gasteiger partial charge is 0.239 e. The molecule has 2 N–H and O–H groups in total. The predicted molar refractivity (Wildman–Crippen MR) is 104 cm³/mol. The molecule has 2 aromatic rings. The second kappa shape index (κ2) is 7.32. The molecule has 2 aromatic heterocycles. The number of thiophene rings is 1. The molecule has 0 aromatic carbocycles. The van der Waals surface area contributed by atoms with Crippen molar-refractivity contribution < 1.29 is 4.79 Å². The summed E-state index contributed by atoms with van der Waals surface area (Å²) < 4.78 is 0. The Hall–Kier alpha value is -1.99. The van der Waals surface area contributed by atoms with Gasteiger partial charge < -0.3 is 15.5 Å². The molecule has 1 aliphatic heterocycles. The molecule has 0 bridgehead atoms. The van der Waals surface area contributed by atoms with Crippen molar-refractivity contribution in [3.05, 3.63) is 40.0 Å². The summed E-state index contributed by atoms with van der Waals surface area (Å²) in [4.78, 5) is 27.1. The normalized spacial score (nSPS) is 20.9. The quantitative estimate of drug-likeness (QED) is 0.887. The lowest BCUT2D eigenvalue weighted by atomic mass is 10.1. The topological polar surface area (TPSA) is 75.4 Å². The van der Waals surface area contributed by atoms with E-state index in [0.717, 1.165) is 36.6 Å². The van der Waals surface area contributed by atoms with E-state index in [1.165, 1.54) is 11.3 Å². The van der Waals surface area contributed by atoms with Gasteiger partial charge in [0, 0.05) is 48.7 Å². The van der Waals surface area contributed by atoms with Gasteiger partial charge in [-0.1, -0.05) is 13.0 Å². The van der Waals surface area contributed by atoms with Crippen molar-refractivity contribution >= 4 is 23.1 Å². The maximum Gasteiger partial charge on any atom is 0.239 e. The molecule has 3 heterocycles. The number of nitrogens with two attached hydrogens (primary N) is 1. The van der Waals surface area contributed by atoms with Crippen molar-refractivity contribution in [2.75, 3.05) is 31.1 Å². The van der Waals surface area contributed by atoms with Crippen molar-refractivity contribution in [2.24, 2.45) is 5.73 Å². The summed E-state index contributed by atoms with van der Waals surface area (Å²) in [5.41, 5.74) is 8.66. The molecule has 1 fully saturated rings. The predicted octanol–water partition coefficient (Wildman–Crippen LogP) is 1.81. The van der Waals surface area contributed by atoms with Gasteiger partial charge in [0.2, 0.25) is 5.91 Å². The van der Waals surface area contributed by atoms with E-state index in [1.54, 1.807) is 17.7 Å². The first kappa shape index (κ1) is 17.4. The van der Waals surface area contributed by atoms with E-state index >= 15 is 0 Å². The highest BCUT2D eigenvalue weighted by atomic mass is 32.1. The highest BCUT2D eigenvalue weighted by molar-refractivity contribution is 7.09. The molecule has 0 radical (unpaired) electrons. The van der Waals surface area contributed by atoms with Gasteiger partial charge in [-0.25, -0.2) is 9.97 Å². The van der Waals surface area contributed by atoms with Crippen molar-refractivity contribution in [2.45, 2.75) is 38.1 Å². The molecule has 7 heteroatoms. The SMILES string of the molecule is C[C@@H]1CCc2ncnc(N3CCN(C(=O)[C@H](N)Cc4cccs4)CC3)c21. The Morgan fingerprint density at radius 3 is 2.88 bits per heavy atom. The highest BCUT2D eigenvalue weighted by Gasteiger charge is 2.30. The van der Waals surface area contributed by atoms with E-state index in [9.17, 15) is 4.79 Å². The van der Waals surface area contributed by atoms with E-state index in [4.69, 9.17) is 5.73 Å². The summed E-state index contributed by atoms with van der Waals surface area (Å²) in [6.45, 7) is 5.25. The maximum atomic E-state index is 12.7. The van der Waals surface area contributed by atoms with Crippen LogP contribution in [0.25, 0.3) is 0 Å². The molecule has 0 spiro atoms. The number of piperazine rings is 1. The number of anilines is 1. The Morgan fingerprint density at radius 2 is 2.15 bits per heavy atom. The number of carbonyl (C=O) groups excluding carboxylic acids is 1. The molecule has 0 saturated carbocycles. The minimum absolute atomic E-state index is 0.0549. The van der Waals surface area contributed by atoms with Crippen LogP contribution in [0.4, 0.5) is 5.82 Å². The Balaban J connectivity index is 1.39. The summed E-state index contributed by atoms with van der Waals surface area (Å²) in [6.07, 6.45) is 4.49. The molecule has 138 valence electrons. The molecular weight excluding hydrogens is 346 g/mol. The highest BCUT2D eigenvalue weighted by Crippen LogP contribution is 2.37. The Morgan fingerprint density at radius 1 is 1.35 bits per heavy atom. The molecule has 2 atom stereocenters. The lowest BCUT2D eigenvalue weighted by Gasteiger charge is -2.37. The van der Waals surface area contributed by atoms with Crippen LogP contribution in [0.15, 0.2) is 23.8 Å². The fraction of sp³-hybridized carbons (Fsp3) is 0.526. The van der Waals surface area contributed by atoms with Crippen LogP contribution in [0, 0.1) is 0 Å². The first-order valence-electron chi connectivity index (χ1n) is 9.29. The molecule has 1 amide bonds. The van der Waals surface area contributed by atoms with Gasteiger partial charge in [-0.3, -0.25) is 4.79 Å². The van der Waals surface area contributed by atoms with E-state index in [1.807, 2.05) is 22.4 Å². The summed E-state index contributed by atoms with van der Waals surface area (Å²) >= 11 is 1.65. The maximum absolute atomic E-state index is 12.7. The lowest BCUT2D eigenvalue weighted by molar-refractivity contribution is -0.132. The molecule has 6 nitrogen and oxygen atoms in total. The molecule has 26 heavy (non-hydrogen) atoms. The third kappa shape index (κ3) is 3.33. The number of hydrogen-bond acceptors (Lipinski definition) is 6. The summed E-state index contributed by atoms with van der Waals surface area (Å²) in [6, 6.07) is 3.58. The standard InChI is InChI=1S/C19H25N5OS/c1-13-4-5-16-17(13)18(22-12-21-16)23-6-8-24(9-7-23)19(25)15(20)11-14-3-2-10-26-14/h2-3,10,12-13,15H,4-9,11,20H2,1H3/t13-,15-/m1/s1. The molecule has 1 aliphatic carbocycles. The number of carbonyl (C=O) groups is 1. The largest absolute Gasteiger partial charge is 0.353 e. The first-order valence-corrected chi connectivity index (χ1v) is 10.2. The minimum Gasteiger partial charge on any atom is -0.353 e. The number of hydrogen-bond donors (Lipinski definition) is 1. The Bertz CT molecular complexity index is 770. The summed E-state index contributed by atoms with van der Waals surface area (Å²) in [7, 11) is 0. The van der Waals surface area contributed by atoms with E-state index in [-0.39, 0.29) is 5.91 Å². The second-order valence-electron chi connectivity index (χ2n) is 7.20. The summed E-state index contributed by atoms with van der Waals surface area (Å²) in [5, 5.41) is 2.02. The van der Waals surface area contributed by atoms with Gasteiger partial charge in [-0.15, -0.1) is 11.3 Å². The van der Waals surface area contributed by atoms with Gasteiger partial charge in [0.25, 0.3) is 0 Å². The molecule has 4 rings (SSSR count). The van der Waals surface area contributed by atoms with Gasteiger partial charge in [-0.2, -0.15) is 0 Å². The van der Waals surface area contributed by atoms with Crippen molar-refractivity contribution in [1.29, 1.82) is 0 Å². The van der Waals surface area contributed by atoms with Crippen molar-refractivity contribution in [3.8, 4) is 0 Å². The van der Waals surface area contributed by atoms with Crippen LogP contribution in [0.3, 0.4) is 0 Å². The zero-order chi connectivity index (χ0) is 18.1. The van der Waals surface area contributed by atoms with Gasteiger partial charge in [0.15, 0.2) is 0 Å². The fourth-order valence-electron chi connectivity index (χ4n) is 3.98. The number of amides is 1. The van der Waals surface area contributed by atoms with Crippen LogP contribution in [-0.2, 0) is 17.6 Å². The van der Waals surface area contributed by atoms with Gasteiger partial charge in [0.1, 0.15) is 12.1 Å². The second-order valence-corrected chi connectivity index (χ2v) is 8.23. The van der Waals surface area contributed by atoms with Crippen molar-refractivity contribution in [3.63, 3.8) is 0 Å². The van der Waals surface area contributed by atoms with Gasteiger partial charge in [0.05, 0.1) is 6.04 Å². The molecular formula is C19H25N5OS. The lowest BCUT2D eigenvalue weighted by Crippen LogP contribution is -2.54. The minimum atomic E-state index is -0.455. The molecule has 0 unspecified atom stereocenters. The van der Waals surface area contributed by atoms with Crippen LogP contribution < -0.4 is 10.6 Å². The average molecular weight is 372 g/mol. The Labute approximate surface area is 158 Å². The fourth-order valence-corrected chi connectivity index (χ4v) is 4.75. The summed E-state index contributed by atoms with van der Waals surface area (Å²) in [5.74, 6) is 1.63. The van der Waals surface area contributed by atoms with E-state index in [0.29, 0.717) is 25.4 Å². The van der Waals surface area contributed by atoms with Crippen LogP contribution in [0.5, 0.6) is 0 Å². The number of rotatable bonds is 4. The third-order valence-electron chi connectivity index (χ3n) is 5.46. The zero-order valence-electron chi connectivity index (χ0n) is 15.1. The van der Waals surface area contributed by atoms with Crippen LogP contribution in [0.1, 0.15) is 35.4 Å². The van der Waals surface area contributed by atoms with Crippen molar-refractivity contribution in [1.82, 2.24) is 14.9 Å². The molecule has 2 aliphatic rings. The third-order valence-corrected chi connectivity index (χ3v) is 6.36. The van der Waals surface area contributed by atoms with Gasteiger partial charge in [-0.05, 0) is 30.2 Å². The first-order chi connectivity index (χ1) is 12.6. The van der Waals surface area contributed by atoms with Crippen LogP contribution >= 0.6 is 11.3 Å². The zero-order valence-corrected chi connectivity index (χ0v) is 15.9. The molecule has 1 saturated heterocycles. The monoisotopic (exact) mass is 371 g/mol. The van der Waals surface area contributed by atoms with Crippen LogP contribution in [-0.4, -0.2) is 53.0 Å². The van der Waals surface area contributed by atoms with E-state index in [2.05, 4.69) is 21.8 Å². The Kier molecular flexibility index (Phi) is 4.91. The number of aryl methyl sites for hydroxylation is 1.